The zero-order valence-electron chi connectivity index (χ0n) is 12.2. The van der Waals surface area contributed by atoms with Crippen LogP contribution < -0.4 is 5.32 Å². The highest BCUT2D eigenvalue weighted by Crippen LogP contribution is 2.40. The predicted molar refractivity (Wildman–Crippen MR) is 84.1 cm³/mol. The topological polar surface area (TPSA) is 25.2 Å². The Hall–Kier alpha value is -0.990. The highest BCUT2D eigenvalue weighted by molar-refractivity contribution is 6.34. The van der Waals surface area contributed by atoms with Gasteiger partial charge in [0.05, 0.1) is 11.1 Å². The fourth-order valence-corrected chi connectivity index (χ4v) is 3.69. The molecule has 1 saturated carbocycles. The van der Waals surface area contributed by atoms with E-state index in [1.54, 1.807) is 0 Å². The van der Waals surface area contributed by atoms with Crippen molar-refractivity contribution in [3.05, 3.63) is 35.0 Å². The Kier molecular flexibility index (Phi) is 4.04. The summed E-state index contributed by atoms with van der Waals surface area (Å²) >= 11 is 6.22. The van der Waals surface area contributed by atoms with E-state index in [0.29, 0.717) is 17.0 Å². The molecule has 1 aliphatic rings. The van der Waals surface area contributed by atoms with Crippen molar-refractivity contribution in [1.82, 2.24) is 5.32 Å². The first-order chi connectivity index (χ1) is 9.69. The van der Waals surface area contributed by atoms with Gasteiger partial charge in [-0.25, -0.2) is 0 Å². The number of hydrogen-bond donors (Lipinski definition) is 1. The quantitative estimate of drug-likeness (QED) is 0.840. The number of rotatable bonds is 4. The first-order valence-electron chi connectivity index (χ1n) is 7.60. The van der Waals surface area contributed by atoms with E-state index in [9.17, 15) is 0 Å². The number of furan rings is 1. The summed E-state index contributed by atoms with van der Waals surface area (Å²) in [5, 5.41) is 5.40. The van der Waals surface area contributed by atoms with Crippen LogP contribution in [0.2, 0.25) is 5.02 Å². The van der Waals surface area contributed by atoms with Gasteiger partial charge in [-0.15, -0.1) is 0 Å². The summed E-state index contributed by atoms with van der Waals surface area (Å²) in [6.45, 7) is 5.46. The van der Waals surface area contributed by atoms with Gasteiger partial charge in [0, 0.05) is 5.39 Å². The van der Waals surface area contributed by atoms with Crippen LogP contribution in [0.15, 0.2) is 28.7 Å². The summed E-state index contributed by atoms with van der Waals surface area (Å²) in [5.41, 5.74) is 0.818. The van der Waals surface area contributed by atoms with Gasteiger partial charge in [-0.1, -0.05) is 44.0 Å². The maximum atomic E-state index is 6.22. The molecular formula is C17H22ClNO. The Morgan fingerprint density at radius 3 is 2.90 bits per heavy atom. The number of hydrogen-bond acceptors (Lipinski definition) is 2. The van der Waals surface area contributed by atoms with Gasteiger partial charge in [-0.3, -0.25) is 0 Å². The van der Waals surface area contributed by atoms with Crippen LogP contribution >= 0.6 is 11.6 Å². The van der Waals surface area contributed by atoms with Crippen LogP contribution in [-0.2, 0) is 0 Å². The maximum absolute atomic E-state index is 6.22. The lowest BCUT2D eigenvalue weighted by molar-refractivity contribution is 0.318. The lowest BCUT2D eigenvalue weighted by atomic mass is 9.94. The fourth-order valence-electron chi connectivity index (χ4n) is 3.47. The molecule has 1 heterocycles. The molecule has 3 atom stereocenters. The van der Waals surface area contributed by atoms with Crippen molar-refractivity contribution in [3.63, 3.8) is 0 Å². The molecule has 0 saturated heterocycles. The molecule has 108 valence electrons. The first kappa shape index (κ1) is 14.0. The summed E-state index contributed by atoms with van der Waals surface area (Å²) < 4.78 is 6.07. The van der Waals surface area contributed by atoms with E-state index < -0.39 is 0 Å². The highest BCUT2D eigenvalue weighted by atomic mass is 35.5. The molecular weight excluding hydrogens is 270 g/mol. The molecule has 3 heteroatoms. The number of halogens is 1. The van der Waals surface area contributed by atoms with Crippen molar-refractivity contribution in [1.29, 1.82) is 0 Å². The minimum absolute atomic E-state index is 0.313. The smallest absolute Gasteiger partial charge is 0.152 e. The molecule has 0 aliphatic heterocycles. The third-order valence-electron chi connectivity index (χ3n) is 4.45. The zero-order valence-corrected chi connectivity index (χ0v) is 12.9. The molecule has 1 aromatic carbocycles. The average molecular weight is 292 g/mol. The minimum atomic E-state index is 0.313. The van der Waals surface area contributed by atoms with E-state index in [-0.39, 0.29) is 0 Å². The van der Waals surface area contributed by atoms with Gasteiger partial charge in [-0.2, -0.15) is 0 Å². The van der Waals surface area contributed by atoms with Crippen molar-refractivity contribution >= 4 is 22.6 Å². The van der Waals surface area contributed by atoms with Gasteiger partial charge < -0.3 is 9.73 Å². The second kappa shape index (κ2) is 5.79. The minimum Gasteiger partial charge on any atom is -0.458 e. The number of fused-ring (bicyclic) bond motifs is 1. The number of para-hydroxylation sites is 1. The monoisotopic (exact) mass is 291 g/mol. The summed E-state index contributed by atoms with van der Waals surface area (Å²) in [6.07, 6.45) is 3.89. The standard InChI is InChI=1S/C17H22ClNO/c1-3-19-16(12-8-7-11(2)9-12)15-10-13-5-4-6-14(18)17(13)20-15/h4-6,10-12,16,19H,3,7-9H2,1-2H3. The highest BCUT2D eigenvalue weighted by Gasteiger charge is 2.31. The lowest BCUT2D eigenvalue weighted by Crippen LogP contribution is -2.26. The Balaban J connectivity index is 1.94. The fraction of sp³-hybridized carbons (Fsp3) is 0.529. The van der Waals surface area contributed by atoms with Gasteiger partial charge in [0.2, 0.25) is 0 Å². The van der Waals surface area contributed by atoms with E-state index in [2.05, 4.69) is 31.3 Å². The normalized spacial score (nSPS) is 24.4. The third-order valence-corrected chi connectivity index (χ3v) is 4.75. The average Bonchev–Trinajstić information content (AvgIpc) is 3.03. The van der Waals surface area contributed by atoms with Crippen molar-refractivity contribution in [3.8, 4) is 0 Å². The molecule has 1 aliphatic carbocycles. The van der Waals surface area contributed by atoms with Gasteiger partial charge in [0.25, 0.3) is 0 Å². The second-order valence-corrected chi connectivity index (χ2v) is 6.43. The van der Waals surface area contributed by atoms with Gasteiger partial charge >= 0.3 is 0 Å². The van der Waals surface area contributed by atoms with Crippen molar-refractivity contribution in [2.75, 3.05) is 6.54 Å². The molecule has 1 N–H and O–H groups in total. The second-order valence-electron chi connectivity index (χ2n) is 6.02. The summed E-state index contributed by atoms with van der Waals surface area (Å²) in [5.74, 6) is 2.53. The lowest BCUT2D eigenvalue weighted by Gasteiger charge is -2.22. The SMILES string of the molecule is CCNC(c1cc2cccc(Cl)c2o1)C1CCC(C)C1. The van der Waals surface area contributed by atoms with E-state index in [4.69, 9.17) is 16.0 Å². The first-order valence-corrected chi connectivity index (χ1v) is 7.98. The molecule has 1 aromatic heterocycles. The van der Waals surface area contributed by atoms with Crippen LogP contribution in [-0.4, -0.2) is 6.54 Å². The van der Waals surface area contributed by atoms with E-state index in [1.807, 2.05) is 12.1 Å². The van der Waals surface area contributed by atoms with Crippen molar-refractivity contribution in [2.24, 2.45) is 11.8 Å². The Morgan fingerprint density at radius 2 is 2.25 bits per heavy atom. The van der Waals surface area contributed by atoms with Crippen LogP contribution in [0.4, 0.5) is 0 Å². The number of nitrogens with one attached hydrogen (secondary N) is 1. The molecule has 0 amide bonds. The summed E-state index contributed by atoms with van der Waals surface area (Å²) in [6, 6.07) is 8.39. The zero-order chi connectivity index (χ0) is 14.1. The Labute approximate surface area is 125 Å². The Bertz CT molecular complexity index is 592. The van der Waals surface area contributed by atoms with Crippen LogP contribution in [0.1, 0.15) is 44.9 Å². The molecule has 0 spiro atoms. The van der Waals surface area contributed by atoms with Crippen LogP contribution in [0.5, 0.6) is 0 Å². The Morgan fingerprint density at radius 1 is 1.40 bits per heavy atom. The summed E-state index contributed by atoms with van der Waals surface area (Å²) in [7, 11) is 0. The van der Waals surface area contributed by atoms with Gasteiger partial charge in [-0.05, 0) is 43.4 Å². The molecule has 0 bridgehead atoms. The van der Waals surface area contributed by atoms with Crippen molar-refractivity contribution < 1.29 is 4.42 Å². The van der Waals surface area contributed by atoms with Crippen LogP contribution in [0, 0.1) is 11.8 Å². The van der Waals surface area contributed by atoms with Crippen LogP contribution in [0.3, 0.4) is 0 Å². The number of benzene rings is 1. The summed E-state index contributed by atoms with van der Waals surface area (Å²) in [4.78, 5) is 0. The van der Waals surface area contributed by atoms with Crippen molar-refractivity contribution in [2.45, 2.75) is 39.2 Å². The van der Waals surface area contributed by atoms with E-state index >= 15 is 0 Å². The maximum Gasteiger partial charge on any atom is 0.152 e. The van der Waals surface area contributed by atoms with Crippen LogP contribution in [0.25, 0.3) is 11.0 Å². The largest absolute Gasteiger partial charge is 0.458 e. The molecule has 3 unspecified atom stereocenters. The molecule has 2 nitrogen and oxygen atoms in total. The molecule has 20 heavy (non-hydrogen) atoms. The van der Waals surface area contributed by atoms with E-state index in [1.165, 1.54) is 19.3 Å². The molecule has 1 fully saturated rings. The van der Waals surface area contributed by atoms with Gasteiger partial charge in [0.15, 0.2) is 5.58 Å². The molecule has 3 rings (SSSR count). The predicted octanol–water partition coefficient (Wildman–Crippen LogP) is 5.17. The molecule has 2 aromatic rings. The van der Waals surface area contributed by atoms with E-state index in [0.717, 1.165) is 29.2 Å². The molecule has 0 radical (unpaired) electrons. The third kappa shape index (κ3) is 2.59. The van der Waals surface area contributed by atoms with Gasteiger partial charge in [0.1, 0.15) is 5.76 Å².